The zero-order valence-corrected chi connectivity index (χ0v) is 23.4. The summed E-state index contributed by atoms with van der Waals surface area (Å²) in [6, 6.07) is 15.0. The standard InChI is InChI=1S/C32H30ClF2NO6/c33-32-26(35)18-24(34)19-28(32)42-16-2-1-15-41-25-12-9-21(10-13-25)8-11-22-5-3-6-27-31(22)23(17-30(39)40)20-36(27)14-4-7-29(37)38/h3,5-6,8-13,18-20H,1-2,4,7,14-17H2,(H,37,38)(H,39,40). The highest BCUT2D eigenvalue weighted by atomic mass is 35.5. The van der Waals surface area contributed by atoms with Gasteiger partial charge in [-0.15, -0.1) is 0 Å². The zero-order valence-electron chi connectivity index (χ0n) is 22.7. The third-order valence-electron chi connectivity index (χ3n) is 6.51. The molecule has 0 saturated heterocycles. The fraction of sp³-hybridized carbons (Fsp3) is 0.250. The van der Waals surface area contributed by atoms with Crippen molar-refractivity contribution in [1.82, 2.24) is 4.57 Å². The average molecular weight is 598 g/mol. The molecule has 10 heteroatoms. The monoisotopic (exact) mass is 597 g/mol. The molecule has 0 atom stereocenters. The van der Waals surface area contributed by atoms with E-state index in [0.717, 1.165) is 28.1 Å². The van der Waals surface area contributed by atoms with Gasteiger partial charge in [0.25, 0.3) is 0 Å². The molecular formula is C32H30ClF2NO6. The van der Waals surface area contributed by atoms with Gasteiger partial charge in [-0.1, -0.05) is 48.0 Å². The third kappa shape index (κ3) is 8.33. The molecular weight excluding hydrogens is 568 g/mol. The molecule has 1 heterocycles. The van der Waals surface area contributed by atoms with E-state index in [1.165, 1.54) is 0 Å². The first-order chi connectivity index (χ1) is 20.2. The molecule has 0 spiro atoms. The molecule has 1 aromatic heterocycles. The number of halogens is 3. The van der Waals surface area contributed by atoms with Crippen molar-refractivity contribution < 1.29 is 38.1 Å². The molecule has 0 aliphatic carbocycles. The second kappa shape index (κ2) is 14.5. The number of fused-ring (bicyclic) bond motifs is 1. The van der Waals surface area contributed by atoms with Crippen LogP contribution in [0.15, 0.2) is 60.8 Å². The first kappa shape index (κ1) is 30.6. The Morgan fingerprint density at radius 1 is 0.905 bits per heavy atom. The highest BCUT2D eigenvalue weighted by Gasteiger charge is 2.14. The molecule has 0 radical (unpaired) electrons. The fourth-order valence-electron chi connectivity index (χ4n) is 4.57. The zero-order chi connectivity index (χ0) is 30.1. The number of hydrogen-bond acceptors (Lipinski definition) is 4. The van der Waals surface area contributed by atoms with Crippen molar-refractivity contribution in [3.05, 3.63) is 94.1 Å². The van der Waals surface area contributed by atoms with Crippen LogP contribution in [0.25, 0.3) is 23.1 Å². The predicted octanol–water partition coefficient (Wildman–Crippen LogP) is 7.47. The van der Waals surface area contributed by atoms with Crippen molar-refractivity contribution in [3.63, 3.8) is 0 Å². The highest BCUT2D eigenvalue weighted by molar-refractivity contribution is 6.32. The smallest absolute Gasteiger partial charge is 0.307 e. The van der Waals surface area contributed by atoms with Gasteiger partial charge in [-0.25, -0.2) is 8.78 Å². The Morgan fingerprint density at radius 3 is 2.36 bits per heavy atom. The number of nitrogens with zero attached hydrogens (tertiary/aromatic N) is 1. The maximum atomic E-state index is 13.5. The summed E-state index contributed by atoms with van der Waals surface area (Å²) in [7, 11) is 0. The van der Waals surface area contributed by atoms with Crippen molar-refractivity contribution in [2.24, 2.45) is 0 Å². The minimum absolute atomic E-state index is 0.0265. The van der Waals surface area contributed by atoms with Gasteiger partial charge in [0.2, 0.25) is 0 Å². The molecule has 0 fully saturated rings. The van der Waals surface area contributed by atoms with Crippen LogP contribution in [-0.2, 0) is 22.6 Å². The van der Waals surface area contributed by atoms with E-state index >= 15 is 0 Å². The van der Waals surface area contributed by atoms with Crippen LogP contribution in [0.2, 0.25) is 5.02 Å². The fourth-order valence-corrected chi connectivity index (χ4v) is 4.73. The lowest BCUT2D eigenvalue weighted by molar-refractivity contribution is -0.137. The molecule has 4 rings (SSSR count). The molecule has 0 saturated carbocycles. The quantitative estimate of drug-likeness (QED) is 0.0838. The maximum absolute atomic E-state index is 13.5. The first-order valence-corrected chi connectivity index (χ1v) is 13.8. The van der Waals surface area contributed by atoms with Crippen molar-refractivity contribution in [1.29, 1.82) is 0 Å². The molecule has 0 bridgehead atoms. The van der Waals surface area contributed by atoms with Crippen LogP contribution >= 0.6 is 11.6 Å². The predicted molar refractivity (Wildman–Crippen MR) is 157 cm³/mol. The molecule has 42 heavy (non-hydrogen) atoms. The summed E-state index contributed by atoms with van der Waals surface area (Å²) in [6.45, 7) is 1.15. The number of aliphatic carboxylic acids is 2. The van der Waals surface area contributed by atoms with Crippen molar-refractivity contribution in [2.45, 2.75) is 38.6 Å². The van der Waals surface area contributed by atoms with Gasteiger partial charge in [0.05, 0.1) is 19.6 Å². The summed E-state index contributed by atoms with van der Waals surface area (Å²) in [4.78, 5) is 22.4. The summed E-state index contributed by atoms with van der Waals surface area (Å²) < 4.78 is 39.9. The van der Waals surface area contributed by atoms with Gasteiger partial charge in [-0.2, -0.15) is 0 Å². The van der Waals surface area contributed by atoms with Crippen LogP contribution in [0.4, 0.5) is 8.78 Å². The number of benzene rings is 3. The molecule has 3 aromatic carbocycles. The van der Waals surface area contributed by atoms with E-state index in [-0.39, 0.29) is 30.2 Å². The van der Waals surface area contributed by atoms with Gasteiger partial charge < -0.3 is 24.3 Å². The van der Waals surface area contributed by atoms with E-state index in [2.05, 4.69) is 0 Å². The number of rotatable bonds is 15. The van der Waals surface area contributed by atoms with Crippen molar-refractivity contribution in [2.75, 3.05) is 13.2 Å². The minimum atomic E-state index is -0.937. The summed E-state index contributed by atoms with van der Waals surface area (Å²) in [5.41, 5.74) is 3.32. The van der Waals surface area contributed by atoms with Crippen LogP contribution in [0.3, 0.4) is 0 Å². The Balaban J connectivity index is 1.33. The number of unbranched alkanes of at least 4 members (excludes halogenated alkanes) is 1. The molecule has 0 aliphatic rings. The topological polar surface area (TPSA) is 98.0 Å². The third-order valence-corrected chi connectivity index (χ3v) is 6.88. The summed E-state index contributed by atoms with van der Waals surface area (Å²) in [6.07, 6.45) is 7.27. The van der Waals surface area contributed by atoms with Crippen LogP contribution in [0.5, 0.6) is 11.5 Å². The SMILES string of the molecule is O=C(O)CCCn1cc(CC(=O)O)c2c(C=Cc3ccc(OCCCCOc4cc(F)cc(F)c4Cl)cc3)cccc21. The Bertz CT molecular complexity index is 1580. The van der Waals surface area contributed by atoms with E-state index in [0.29, 0.717) is 49.8 Å². The number of carboxylic acid groups (broad SMARTS) is 2. The number of aryl methyl sites for hydroxylation is 1. The Labute approximate surface area is 246 Å². The number of hydrogen-bond donors (Lipinski definition) is 2. The molecule has 0 unspecified atom stereocenters. The number of ether oxygens (including phenoxy) is 2. The molecule has 220 valence electrons. The van der Waals surface area contributed by atoms with Crippen LogP contribution in [-0.4, -0.2) is 39.9 Å². The van der Waals surface area contributed by atoms with E-state index in [4.69, 9.17) is 26.2 Å². The molecule has 0 aliphatic heterocycles. The summed E-state index contributed by atoms with van der Waals surface area (Å²) >= 11 is 5.80. The Kier molecular flexibility index (Phi) is 10.6. The number of carbonyl (C=O) groups is 2. The molecule has 4 aromatic rings. The lowest BCUT2D eigenvalue weighted by Gasteiger charge is -2.09. The van der Waals surface area contributed by atoms with Gasteiger partial charge in [-0.05, 0) is 54.2 Å². The van der Waals surface area contributed by atoms with Gasteiger partial charge >= 0.3 is 11.9 Å². The van der Waals surface area contributed by atoms with Gasteiger partial charge in [0.15, 0.2) is 0 Å². The normalized spacial score (nSPS) is 11.3. The van der Waals surface area contributed by atoms with E-state index in [1.54, 1.807) is 6.20 Å². The van der Waals surface area contributed by atoms with E-state index < -0.39 is 23.6 Å². The lowest BCUT2D eigenvalue weighted by Crippen LogP contribution is -2.03. The second-order valence-electron chi connectivity index (χ2n) is 9.66. The van der Waals surface area contributed by atoms with Crippen LogP contribution in [0, 0.1) is 11.6 Å². The molecule has 7 nitrogen and oxygen atoms in total. The van der Waals surface area contributed by atoms with Crippen LogP contribution < -0.4 is 9.47 Å². The Morgan fingerprint density at radius 2 is 1.64 bits per heavy atom. The summed E-state index contributed by atoms with van der Waals surface area (Å²) in [5.74, 6) is -2.76. The highest BCUT2D eigenvalue weighted by Crippen LogP contribution is 2.29. The van der Waals surface area contributed by atoms with Crippen molar-refractivity contribution >= 4 is 46.6 Å². The van der Waals surface area contributed by atoms with E-state index in [9.17, 15) is 23.5 Å². The number of carboxylic acids is 2. The minimum Gasteiger partial charge on any atom is -0.494 e. The largest absolute Gasteiger partial charge is 0.494 e. The van der Waals surface area contributed by atoms with Gasteiger partial charge in [-0.3, -0.25) is 9.59 Å². The van der Waals surface area contributed by atoms with Crippen molar-refractivity contribution in [3.8, 4) is 11.5 Å². The second-order valence-corrected chi connectivity index (χ2v) is 10.0. The Hall–Kier alpha value is -4.37. The van der Waals surface area contributed by atoms with Gasteiger partial charge in [0.1, 0.15) is 28.2 Å². The first-order valence-electron chi connectivity index (χ1n) is 13.4. The number of aromatic nitrogens is 1. The molecule has 2 N–H and O–H groups in total. The van der Waals surface area contributed by atoms with E-state index in [1.807, 2.05) is 59.2 Å². The van der Waals surface area contributed by atoms with Crippen LogP contribution in [0.1, 0.15) is 42.4 Å². The lowest BCUT2D eigenvalue weighted by atomic mass is 10.0. The maximum Gasteiger partial charge on any atom is 0.307 e. The summed E-state index contributed by atoms with van der Waals surface area (Å²) in [5, 5.41) is 19.0. The van der Waals surface area contributed by atoms with Gasteiger partial charge in [0, 0.05) is 42.2 Å². The average Bonchev–Trinajstić information content (AvgIpc) is 3.29. The molecule has 0 amide bonds.